The molecule has 18 heavy (non-hydrogen) atoms. The molecule has 4 nitrogen and oxygen atoms in total. The Morgan fingerprint density at radius 1 is 1.39 bits per heavy atom. The molecule has 3 rings (SSSR count). The molecule has 1 aliphatic carbocycles. The van der Waals surface area contributed by atoms with Gasteiger partial charge in [0, 0.05) is 6.61 Å². The number of likely N-dealkylation sites (tertiary alicyclic amines) is 1. The quantitative estimate of drug-likeness (QED) is 0.548. The fourth-order valence-electron chi connectivity index (χ4n) is 3.38. The molecule has 2 fully saturated rings. The highest BCUT2D eigenvalue weighted by Crippen LogP contribution is 2.38. The van der Waals surface area contributed by atoms with Crippen LogP contribution in [0, 0.1) is 17.8 Å². The standard InChI is InChI=1S/C14H19NO3/c1-9-4-2-6-11-12(9)14(17)15(13(11)16)8-10-5-3-7-18-10/h2,4,9-12H,3,5-8H2,1H3/t9-,10+,11+,12-/m1/s1. The molecular weight excluding hydrogens is 230 g/mol. The van der Waals surface area contributed by atoms with Crippen LogP contribution in [-0.4, -0.2) is 36.0 Å². The van der Waals surface area contributed by atoms with E-state index in [0.717, 1.165) is 19.4 Å². The Hall–Kier alpha value is -1.16. The van der Waals surface area contributed by atoms with Crippen molar-refractivity contribution in [2.45, 2.75) is 32.3 Å². The minimum Gasteiger partial charge on any atom is -0.376 e. The molecule has 0 radical (unpaired) electrons. The zero-order valence-corrected chi connectivity index (χ0v) is 10.7. The Morgan fingerprint density at radius 2 is 2.22 bits per heavy atom. The number of nitrogens with zero attached hydrogens (tertiary/aromatic N) is 1. The molecule has 2 aliphatic heterocycles. The van der Waals surface area contributed by atoms with Gasteiger partial charge in [-0.1, -0.05) is 19.1 Å². The minimum absolute atomic E-state index is 0.0108. The van der Waals surface area contributed by atoms with Crippen LogP contribution in [0.3, 0.4) is 0 Å². The number of hydrogen-bond acceptors (Lipinski definition) is 3. The summed E-state index contributed by atoms with van der Waals surface area (Å²) >= 11 is 0. The van der Waals surface area contributed by atoms with E-state index < -0.39 is 0 Å². The second kappa shape index (κ2) is 4.50. The average molecular weight is 249 g/mol. The maximum Gasteiger partial charge on any atom is 0.233 e. The van der Waals surface area contributed by atoms with E-state index >= 15 is 0 Å². The van der Waals surface area contributed by atoms with Crippen molar-refractivity contribution >= 4 is 11.8 Å². The molecule has 2 amide bonds. The van der Waals surface area contributed by atoms with Crippen LogP contribution in [-0.2, 0) is 14.3 Å². The van der Waals surface area contributed by atoms with Gasteiger partial charge in [-0.05, 0) is 25.2 Å². The van der Waals surface area contributed by atoms with Crippen molar-refractivity contribution in [1.29, 1.82) is 0 Å². The number of allylic oxidation sites excluding steroid dienone is 2. The Labute approximate surface area is 107 Å². The fourth-order valence-corrected chi connectivity index (χ4v) is 3.38. The predicted molar refractivity (Wildman–Crippen MR) is 65.6 cm³/mol. The number of hydrogen-bond donors (Lipinski definition) is 0. The van der Waals surface area contributed by atoms with Gasteiger partial charge in [0.2, 0.25) is 11.8 Å². The van der Waals surface area contributed by atoms with Gasteiger partial charge in [0.15, 0.2) is 0 Å². The fraction of sp³-hybridized carbons (Fsp3) is 0.714. The zero-order chi connectivity index (χ0) is 12.7. The third-order valence-corrected chi connectivity index (χ3v) is 4.37. The number of rotatable bonds is 2. The number of imide groups is 1. The molecule has 0 bridgehead atoms. The highest BCUT2D eigenvalue weighted by atomic mass is 16.5. The van der Waals surface area contributed by atoms with Gasteiger partial charge in [-0.15, -0.1) is 0 Å². The van der Waals surface area contributed by atoms with Crippen LogP contribution < -0.4 is 0 Å². The topological polar surface area (TPSA) is 46.6 Å². The monoisotopic (exact) mass is 249 g/mol. The molecule has 0 aromatic heterocycles. The van der Waals surface area contributed by atoms with Crippen LogP contribution in [0.25, 0.3) is 0 Å². The Kier molecular flexibility index (Phi) is 2.98. The van der Waals surface area contributed by atoms with Gasteiger partial charge in [0.05, 0.1) is 24.5 Å². The summed E-state index contributed by atoms with van der Waals surface area (Å²) in [5, 5.41) is 0. The summed E-state index contributed by atoms with van der Waals surface area (Å²) in [7, 11) is 0. The second-order valence-electron chi connectivity index (χ2n) is 5.58. The lowest BCUT2D eigenvalue weighted by molar-refractivity contribution is -0.141. The molecule has 3 aliphatic rings. The third kappa shape index (κ3) is 1.79. The number of ether oxygens (including phenoxy) is 1. The minimum atomic E-state index is -0.135. The first-order valence-corrected chi connectivity index (χ1v) is 6.82. The summed E-state index contributed by atoms with van der Waals surface area (Å²) in [6, 6.07) is 0. The SMILES string of the molecule is C[C@@H]1C=CC[C@@H]2C(=O)N(C[C@@H]3CCCO3)C(=O)[C@H]12. The van der Waals surface area contributed by atoms with Crippen molar-refractivity contribution in [3.8, 4) is 0 Å². The summed E-state index contributed by atoms with van der Waals surface area (Å²) in [5.41, 5.74) is 0. The molecule has 0 saturated carbocycles. The van der Waals surface area contributed by atoms with Crippen LogP contribution >= 0.6 is 0 Å². The van der Waals surface area contributed by atoms with Gasteiger partial charge in [-0.3, -0.25) is 14.5 Å². The molecule has 0 aromatic carbocycles. The number of carbonyl (C=O) groups is 2. The van der Waals surface area contributed by atoms with E-state index in [4.69, 9.17) is 4.74 Å². The lowest BCUT2D eigenvalue weighted by Crippen LogP contribution is -2.37. The van der Waals surface area contributed by atoms with Crippen LogP contribution in [0.4, 0.5) is 0 Å². The lowest BCUT2D eigenvalue weighted by atomic mass is 9.78. The summed E-state index contributed by atoms with van der Waals surface area (Å²) in [5.74, 6) is -0.0634. The normalized spacial score (nSPS) is 39.5. The maximum atomic E-state index is 12.4. The van der Waals surface area contributed by atoms with E-state index in [-0.39, 0.29) is 35.7 Å². The van der Waals surface area contributed by atoms with Crippen molar-refractivity contribution in [3.63, 3.8) is 0 Å². The van der Waals surface area contributed by atoms with Gasteiger partial charge in [-0.25, -0.2) is 0 Å². The smallest absolute Gasteiger partial charge is 0.233 e. The van der Waals surface area contributed by atoms with Gasteiger partial charge in [0.25, 0.3) is 0 Å². The number of carbonyl (C=O) groups excluding carboxylic acids is 2. The first-order chi connectivity index (χ1) is 8.68. The molecule has 0 N–H and O–H groups in total. The van der Waals surface area contributed by atoms with Crippen molar-refractivity contribution < 1.29 is 14.3 Å². The lowest BCUT2D eigenvalue weighted by Gasteiger charge is -2.22. The average Bonchev–Trinajstić information content (AvgIpc) is 2.94. The van der Waals surface area contributed by atoms with E-state index in [1.54, 1.807) is 0 Å². The summed E-state index contributed by atoms with van der Waals surface area (Å²) < 4.78 is 5.53. The number of fused-ring (bicyclic) bond motifs is 1. The van der Waals surface area contributed by atoms with Crippen LogP contribution in [0.15, 0.2) is 12.2 Å². The van der Waals surface area contributed by atoms with Gasteiger partial charge >= 0.3 is 0 Å². The third-order valence-electron chi connectivity index (χ3n) is 4.37. The van der Waals surface area contributed by atoms with E-state index in [1.165, 1.54) is 4.90 Å². The molecule has 4 heteroatoms. The first-order valence-electron chi connectivity index (χ1n) is 6.82. The summed E-state index contributed by atoms with van der Waals surface area (Å²) in [6.07, 6.45) is 6.85. The molecule has 4 atom stereocenters. The molecule has 2 saturated heterocycles. The van der Waals surface area contributed by atoms with Crippen molar-refractivity contribution in [2.24, 2.45) is 17.8 Å². The second-order valence-corrected chi connectivity index (χ2v) is 5.58. The highest BCUT2D eigenvalue weighted by molar-refractivity contribution is 6.05. The Morgan fingerprint density at radius 3 is 2.89 bits per heavy atom. The molecule has 0 aromatic rings. The molecule has 0 unspecified atom stereocenters. The van der Waals surface area contributed by atoms with Crippen molar-refractivity contribution in [2.75, 3.05) is 13.2 Å². The van der Waals surface area contributed by atoms with E-state index in [1.807, 2.05) is 13.0 Å². The van der Waals surface area contributed by atoms with Crippen molar-refractivity contribution in [1.82, 2.24) is 4.90 Å². The van der Waals surface area contributed by atoms with E-state index in [9.17, 15) is 9.59 Å². The molecule has 2 heterocycles. The van der Waals surface area contributed by atoms with E-state index in [2.05, 4.69) is 6.08 Å². The molecule has 0 spiro atoms. The van der Waals surface area contributed by atoms with Crippen LogP contribution in [0.2, 0.25) is 0 Å². The highest BCUT2D eigenvalue weighted by Gasteiger charge is 2.50. The van der Waals surface area contributed by atoms with Crippen LogP contribution in [0.5, 0.6) is 0 Å². The van der Waals surface area contributed by atoms with Gasteiger partial charge < -0.3 is 4.74 Å². The Bertz CT molecular complexity index is 398. The van der Waals surface area contributed by atoms with Crippen LogP contribution in [0.1, 0.15) is 26.2 Å². The summed E-state index contributed by atoms with van der Waals surface area (Å²) in [4.78, 5) is 26.1. The van der Waals surface area contributed by atoms with E-state index in [0.29, 0.717) is 13.0 Å². The van der Waals surface area contributed by atoms with Gasteiger partial charge in [0.1, 0.15) is 0 Å². The predicted octanol–water partition coefficient (Wildman–Crippen LogP) is 1.36. The molecule has 98 valence electrons. The first kappa shape index (κ1) is 11.9. The van der Waals surface area contributed by atoms with Gasteiger partial charge in [-0.2, -0.15) is 0 Å². The zero-order valence-electron chi connectivity index (χ0n) is 10.7. The largest absolute Gasteiger partial charge is 0.376 e. The maximum absolute atomic E-state index is 12.4. The summed E-state index contributed by atoms with van der Waals surface area (Å²) in [6.45, 7) is 3.23. The molecular formula is C14H19NO3. The Balaban J connectivity index is 1.76. The van der Waals surface area contributed by atoms with Crippen molar-refractivity contribution in [3.05, 3.63) is 12.2 Å². The number of amides is 2.